The first-order chi connectivity index (χ1) is 19.7. The predicted molar refractivity (Wildman–Crippen MR) is 169 cm³/mol. The van der Waals surface area contributed by atoms with E-state index in [-0.39, 0.29) is 0 Å². The van der Waals surface area contributed by atoms with Crippen molar-refractivity contribution in [2.24, 2.45) is 0 Å². The molecule has 0 radical (unpaired) electrons. The minimum absolute atomic E-state index is 0.925. The van der Waals surface area contributed by atoms with Crippen LogP contribution < -0.4 is 0 Å². The zero-order valence-electron chi connectivity index (χ0n) is 21.8. The summed E-state index contributed by atoms with van der Waals surface area (Å²) in [5.74, 6) is 0. The van der Waals surface area contributed by atoms with Crippen molar-refractivity contribution >= 4 is 53.4 Å². The zero-order valence-corrected chi connectivity index (χ0v) is 22.6. The fourth-order valence-electron chi connectivity index (χ4n) is 5.46. The van der Waals surface area contributed by atoms with Crippen molar-refractivity contribution < 1.29 is 0 Å². The third-order valence-corrected chi connectivity index (χ3v) is 8.65. The van der Waals surface area contributed by atoms with E-state index in [2.05, 4.69) is 104 Å². The molecule has 8 rings (SSSR count). The summed E-state index contributed by atoms with van der Waals surface area (Å²) in [6.07, 6.45) is 1.95. The highest BCUT2D eigenvalue weighted by molar-refractivity contribution is 7.25. The molecule has 0 aliphatic carbocycles. The Morgan fingerprint density at radius 1 is 0.500 bits per heavy atom. The predicted octanol–water partition coefficient (Wildman–Crippen LogP) is 9.86. The number of hydrogen-bond donors (Lipinski definition) is 0. The van der Waals surface area contributed by atoms with Gasteiger partial charge in [0.15, 0.2) is 0 Å². The van der Waals surface area contributed by atoms with E-state index in [1.54, 1.807) is 11.3 Å². The molecule has 0 N–H and O–H groups in total. The summed E-state index contributed by atoms with van der Waals surface area (Å²) in [6.45, 7) is 2.09. The lowest BCUT2D eigenvalue weighted by atomic mass is 10.0. The Morgan fingerprint density at radius 2 is 1.10 bits per heavy atom. The Hall–Kier alpha value is -4.93. The number of aromatic nitrogens is 3. The van der Waals surface area contributed by atoms with Gasteiger partial charge in [-0.1, -0.05) is 84.9 Å². The highest BCUT2D eigenvalue weighted by Crippen LogP contribution is 2.36. The van der Waals surface area contributed by atoms with Crippen LogP contribution in [0.3, 0.4) is 0 Å². The minimum atomic E-state index is 0.925. The van der Waals surface area contributed by atoms with Crippen LogP contribution in [0.15, 0.2) is 121 Å². The highest BCUT2D eigenvalue weighted by atomic mass is 32.1. The summed E-state index contributed by atoms with van der Waals surface area (Å²) in [7, 11) is 0. The van der Waals surface area contributed by atoms with Gasteiger partial charge >= 0.3 is 0 Å². The van der Waals surface area contributed by atoms with Crippen molar-refractivity contribution in [2.45, 2.75) is 6.92 Å². The maximum absolute atomic E-state index is 5.12. The molecule has 4 heterocycles. The summed E-state index contributed by atoms with van der Waals surface area (Å²) >= 11 is 1.80. The zero-order chi connectivity index (χ0) is 26.6. The molecule has 4 heteroatoms. The lowest BCUT2D eigenvalue weighted by molar-refractivity contribution is 1.35. The molecule has 0 aliphatic rings. The van der Waals surface area contributed by atoms with Gasteiger partial charge in [-0.05, 0) is 53.9 Å². The molecule has 40 heavy (non-hydrogen) atoms. The number of pyridine rings is 3. The van der Waals surface area contributed by atoms with Gasteiger partial charge in [0.25, 0.3) is 0 Å². The van der Waals surface area contributed by atoms with Crippen molar-refractivity contribution in [3.8, 4) is 33.6 Å². The van der Waals surface area contributed by atoms with Gasteiger partial charge < -0.3 is 0 Å². The Morgan fingerprint density at radius 3 is 1.80 bits per heavy atom. The van der Waals surface area contributed by atoms with Gasteiger partial charge in [-0.3, -0.25) is 4.98 Å². The number of thiophene rings is 1. The minimum Gasteiger partial charge on any atom is -0.254 e. The van der Waals surface area contributed by atoms with Gasteiger partial charge in [0, 0.05) is 38.2 Å². The lowest BCUT2D eigenvalue weighted by Crippen LogP contribution is -1.91. The van der Waals surface area contributed by atoms with Crippen LogP contribution in [0.2, 0.25) is 0 Å². The standard InChI is InChI=1S/C36H23N3S/c1-22-19-33-36(37-21-22)29-20-28(15-18-32(29)40-33)23-7-9-25(10-8-23)31-17-14-27-12-11-26-13-16-30(24-5-3-2-4-6-24)38-34(26)35(27)39-31/h2-21H,1H3. The van der Waals surface area contributed by atoms with E-state index in [9.17, 15) is 0 Å². The Balaban J connectivity index is 1.19. The summed E-state index contributed by atoms with van der Waals surface area (Å²) in [5.41, 5.74) is 10.6. The lowest BCUT2D eigenvalue weighted by Gasteiger charge is -2.09. The number of rotatable bonds is 3. The third-order valence-electron chi connectivity index (χ3n) is 7.55. The quantitative estimate of drug-likeness (QED) is 0.214. The number of hydrogen-bond acceptors (Lipinski definition) is 4. The second-order valence-electron chi connectivity index (χ2n) is 10.2. The fourth-order valence-corrected chi connectivity index (χ4v) is 6.60. The molecule has 0 fully saturated rings. The van der Waals surface area contributed by atoms with Crippen molar-refractivity contribution in [3.05, 3.63) is 127 Å². The Bertz CT molecular complexity index is 2210. The van der Waals surface area contributed by atoms with Crippen molar-refractivity contribution in [2.75, 3.05) is 0 Å². The van der Waals surface area contributed by atoms with Crippen LogP contribution >= 0.6 is 11.3 Å². The molecule has 0 atom stereocenters. The van der Waals surface area contributed by atoms with E-state index in [1.807, 2.05) is 24.4 Å². The molecule has 188 valence electrons. The molecule has 0 unspecified atom stereocenters. The number of aryl methyl sites for hydroxylation is 1. The largest absolute Gasteiger partial charge is 0.254 e. The molecular formula is C36H23N3S. The monoisotopic (exact) mass is 529 g/mol. The van der Waals surface area contributed by atoms with E-state index in [0.717, 1.165) is 49.8 Å². The van der Waals surface area contributed by atoms with Gasteiger partial charge in [-0.15, -0.1) is 11.3 Å². The topological polar surface area (TPSA) is 38.7 Å². The van der Waals surface area contributed by atoms with E-state index in [4.69, 9.17) is 15.0 Å². The Kier molecular flexibility index (Phi) is 5.22. The summed E-state index contributed by atoms with van der Waals surface area (Å²) < 4.78 is 2.51. The number of nitrogens with zero attached hydrogens (tertiary/aromatic N) is 3. The third kappa shape index (κ3) is 3.84. The van der Waals surface area contributed by atoms with Gasteiger partial charge in [0.1, 0.15) is 0 Å². The Labute approximate surface area is 235 Å². The maximum Gasteiger partial charge on any atom is 0.0972 e. The summed E-state index contributed by atoms with van der Waals surface area (Å²) in [6, 6.07) is 40.6. The normalized spacial score (nSPS) is 11.6. The van der Waals surface area contributed by atoms with Crippen LogP contribution in [0.4, 0.5) is 0 Å². The van der Waals surface area contributed by atoms with Crippen LogP contribution in [0.5, 0.6) is 0 Å². The molecule has 0 saturated heterocycles. The molecular weight excluding hydrogens is 506 g/mol. The molecule has 0 bridgehead atoms. The first-order valence-corrected chi connectivity index (χ1v) is 14.2. The molecule has 0 spiro atoms. The van der Waals surface area contributed by atoms with E-state index in [0.29, 0.717) is 0 Å². The molecule has 8 aromatic rings. The van der Waals surface area contributed by atoms with Gasteiger partial charge in [-0.2, -0.15) is 0 Å². The van der Waals surface area contributed by atoms with Crippen molar-refractivity contribution in [3.63, 3.8) is 0 Å². The van der Waals surface area contributed by atoms with E-state index >= 15 is 0 Å². The average molecular weight is 530 g/mol. The highest BCUT2D eigenvalue weighted by Gasteiger charge is 2.11. The van der Waals surface area contributed by atoms with E-state index in [1.165, 1.54) is 31.5 Å². The van der Waals surface area contributed by atoms with Gasteiger partial charge in [0.05, 0.1) is 32.6 Å². The number of benzene rings is 4. The van der Waals surface area contributed by atoms with Crippen LogP contribution in [-0.2, 0) is 0 Å². The average Bonchev–Trinajstić information content (AvgIpc) is 3.37. The molecule has 4 aromatic carbocycles. The van der Waals surface area contributed by atoms with Gasteiger partial charge in [0.2, 0.25) is 0 Å². The fraction of sp³-hybridized carbons (Fsp3) is 0.0278. The van der Waals surface area contributed by atoms with Crippen LogP contribution in [0.25, 0.3) is 75.8 Å². The first kappa shape index (κ1) is 23.0. The molecule has 0 amide bonds. The molecule has 4 aromatic heterocycles. The first-order valence-electron chi connectivity index (χ1n) is 13.4. The van der Waals surface area contributed by atoms with Crippen molar-refractivity contribution in [1.29, 1.82) is 0 Å². The van der Waals surface area contributed by atoms with Crippen LogP contribution in [0.1, 0.15) is 5.56 Å². The van der Waals surface area contributed by atoms with Gasteiger partial charge in [-0.25, -0.2) is 9.97 Å². The summed E-state index contributed by atoms with van der Waals surface area (Å²) in [5, 5.41) is 3.39. The molecule has 0 aliphatic heterocycles. The maximum atomic E-state index is 5.12. The second kappa shape index (κ2) is 9.08. The molecule has 0 saturated carbocycles. The van der Waals surface area contributed by atoms with Crippen molar-refractivity contribution in [1.82, 2.24) is 15.0 Å². The number of fused-ring (bicyclic) bond motifs is 6. The summed E-state index contributed by atoms with van der Waals surface area (Å²) in [4.78, 5) is 14.9. The smallest absolute Gasteiger partial charge is 0.0972 e. The SMILES string of the molecule is Cc1cnc2c(c1)sc1ccc(-c3ccc(-c4ccc5ccc6ccc(-c7ccccc7)nc6c5n4)cc3)cc12. The van der Waals surface area contributed by atoms with E-state index < -0.39 is 0 Å². The van der Waals surface area contributed by atoms with Crippen LogP contribution in [-0.4, -0.2) is 15.0 Å². The molecule has 3 nitrogen and oxygen atoms in total. The van der Waals surface area contributed by atoms with Crippen LogP contribution in [0, 0.1) is 6.92 Å². The second-order valence-corrected chi connectivity index (χ2v) is 11.3.